The minimum Gasteiger partial charge on any atom is -0.479 e. The van der Waals surface area contributed by atoms with E-state index in [0.29, 0.717) is 10.7 Å². The molecule has 0 atom stereocenters. The molecular weight excluding hydrogens is 294 g/mol. The van der Waals surface area contributed by atoms with E-state index in [1.165, 1.54) is 6.33 Å². The Kier molecular flexibility index (Phi) is 3.49. The Morgan fingerprint density at radius 3 is 3.00 bits per heavy atom. The van der Waals surface area contributed by atoms with Gasteiger partial charge in [-0.2, -0.15) is 4.98 Å². The molecule has 0 saturated carbocycles. The maximum atomic E-state index is 5.35. The van der Waals surface area contributed by atoms with Crippen molar-refractivity contribution in [2.24, 2.45) is 0 Å². The van der Waals surface area contributed by atoms with E-state index in [4.69, 9.17) is 17.0 Å². The molecule has 0 fully saturated rings. The molecule has 0 bridgehead atoms. The Bertz CT molecular complexity index is 804. The van der Waals surface area contributed by atoms with E-state index in [0.717, 1.165) is 34.8 Å². The van der Waals surface area contributed by atoms with Gasteiger partial charge < -0.3 is 14.3 Å². The minimum absolute atomic E-state index is 0.505. The highest BCUT2D eigenvalue weighted by atomic mass is 32.1. The highest BCUT2D eigenvalue weighted by Gasteiger charge is 2.11. The molecule has 104 valence electrons. The summed E-state index contributed by atoms with van der Waals surface area (Å²) in [5.41, 5.74) is 2.54. The summed E-state index contributed by atoms with van der Waals surface area (Å²) < 4.78 is 7.78. The third kappa shape index (κ3) is 2.32. The highest BCUT2D eigenvalue weighted by molar-refractivity contribution is 7.71. The molecule has 20 heavy (non-hydrogen) atoms. The van der Waals surface area contributed by atoms with Gasteiger partial charge in [-0.15, -0.1) is 11.3 Å². The molecule has 0 spiro atoms. The van der Waals surface area contributed by atoms with Crippen molar-refractivity contribution in [3.63, 3.8) is 0 Å². The van der Waals surface area contributed by atoms with E-state index >= 15 is 0 Å². The molecular formula is C12H13N5OS2. The summed E-state index contributed by atoms with van der Waals surface area (Å²) in [4.78, 5) is 15.9. The molecule has 6 nitrogen and oxygen atoms in total. The molecule has 0 amide bonds. The number of nitrogens with one attached hydrogen (secondary N) is 1. The van der Waals surface area contributed by atoms with Gasteiger partial charge in [-0.25, -0.2) is 9.97 Å². The number of aryl methyl sites for hydroxylation is 3. The quantitative estimate of drug-likeness (QED) is 0.750. The predicted octanol–water partition coefficient (Wildman–Crippen LogP) is 2.51. The summed E-state index contributed by atoms with van der Waals surface area (Å²) in [5.74, 6) is 0.505. The molecule has 1 N–H and O–H groups in total. The predicted molar refractivity (Wildman–Crippen MR) is 79.8 cm³/mol. The number of fused-ring (bicyclic) bond motifs is 1. The van der Waals surface area contributed by atoms with Crippen LogP contribution in [0.3, 0.4) is 0 Å². The van der Waals surface area contributed by atoms with Crippen LogP contribution in [0, 0.1) is 11.7 Å². The van der Waals surface area contributed by atoms with Gasteiger partial charge in [0.1, 0.15) is 11.8 Å². The van der Waals surface area contributed by atoms with E-state index in [1.807, 2.05) is 11.5 Å². The van der Waals surface area contributed by atoms with Crippen molar-refractivity contribution in [2.45, 2.75) is 19.9 Å². The molecule has 3 aromatic rings. The second-order valence-corrected chi connectivity index (χ2v) is 5.63. The number of imidazole rings is 1. The molecule has 0 saturated heterocycles. The summed E-state index contributed by atoms with van der Waals surface area (Å²) in [6.07, 6.45) is 2.31. The fourth-order valence-electron chi connectivity index (χ4n) is 2.03. The Hall–Kier alpha value is -1.80. The molecule has 3 heterocycles. The topological polar surface area (TPSA) is 68.6 Å². The van der Waals surface area contributed by atoms with Crippen LogP contribution in [0.25, 0.3) is 11.2 Å². The zero-order valence-corrected chi connectivity index (χ0v) is 12.7. The zero-order chi connectivity index (χ0) is 14.1. The largest absolute Gasteiger partial charge is 0.479 e. The van der Waals surface area contributed by atoms with Gasteiger partial charge in [0.25, 0.3) is 0 Å². The third-order valence-corrected chi connectivity index (χ3v) is 4.28. The first kappa shape index (κ1) is 13.2. The Labute approximate surface area is 124 Å². The SMILES string of the molecule is COc1ncnc2c1[nH]c(=S)n2CCc1nc(C)cs1. The molecule has 0 radical (unpaired) electrons. The fraction of sp³-hybridized carbons (Fsp3) is 0.333. The van der Waals surface area contributed by atoms with Crippen molar-refractivity contribution in [2.75, 3.05) is 7.11 Å². The van der Waals surface area contributed by atoms with Crippen LogP contribution in [-0.4, -0.2) is 31.6 Å². The number of rotatable bonds is 4. The lowest BCUT2D eigenvalue weighted by molar-refractivity contribution is 0.401. The summed E-state index contributed by atoms with van der Waals surface area (Å²) in [6.45, 7) is 2.72. The smallest absolute Gasteiger partial charge is 0.242 e. The number of nitrogens with zero attached hydrogens (tertiary/aromatic N) is 4. The van der Waals surface area contributed by atoms with E-state index in [-0.39, 0.29) is 0 Å². The van der Waals surface area contributed by atoms with Gasteiger partial charge in [0.05, 0.1) is 12.1 Å². The van der Waals surface area contributed by atoms with Crippen molar-refractivity contribution >= 4 is 34.7 Å². The summed E-state index contributed by atoms with van der Waals surface area (Å²) in [6, 6.07) is 0. The summed E-state index contributed by atoms with van der Waals surface area (Å²) >= 11 is 7.01. The molecule has 0 aromatic carbocycles. The second-order valence-electron chi connectivity index (χ2n) is 4.30. The third-order valence-electron chi connectivity index (χ3n) is 2.93. The van der Waals surface area contributed by atoms with Crippen molar-refractivity contribution in [3.05, 3.63) is 27.2 Å². The lowest BCUT2D eigenvalue weighted by atomic mass is 10.4. The second kappa shape index (κ2) is 5.29. The number of thiazole rings is 1. The number of aromatic nitrogens is 5. The maximum absolute atomic E-state index is 5.35. The van der Waals surface area contributed by atoms with E-state index in [1.54, 1.807) is 18.4 Å². The van der Waals surface area contributed by atoms with Crippen molar-refractivity contribution in [3.8, 4) is 5.88 Å². The summed E-state index contributed by atoms with van der Waals surface area (Å²) in [7, 11) is 1.58. The van der Waals surface area contributed by atoms with Gasteiger partial charge in [-0.05, 0) is 19.1 Å². The molecule has 3 aromatic heterocycles. The average Bonchev–Trinajstić information content (AvgIpc) is 2.99. The van der Waals surface area contributed by atoms with Crippen molar-refractivity contribution < 1.29 is 4.74 Å². The lowest BCUT2D eigenvalue weighted by Crippen LogP contribution is -2.02. The number of aromatic amines is 1. The fourth-order valence-corrected chi connectivity index (χ4v) is 3.08. The number of methoxy groups -OCH3 is 1. The Morgan fingerprint density at radius 2 is 2.30 bits per heavy atom. The number of hydrogen-bond acceptors (Lipinski definition) is 6. The molecule has 3 rings (SSSR count). The van der Waals surface area contributed by atoms with Crippen LogP contribution in [-0.2, 0) is 13.0 Å². The summed E-state index contributed by atoms with van der Waals surface area (Å²) in [5, 5.41) is 3.15. The van der Waals surface area contributed by atoms with E-state index in [2.05, 4.69) is 25.3 Å². The van der Waals surface area contributed by atoms with Crippen LogP contribution in [0.1, 0.15) is 10.7 Å². The van der Waals surface area contributed by atoms with Crippen LogP contribution in [0.2, 0.25) is 0 Å². The Balaban J connectivity index is 1.95. The van der Waals surface area contributed by atoms with Gasteiger partial charge in [0.2, 0.25) is 5.88 Å². The van der Waals surface area contributed by atoms with Gasteiger partial charge in [-0.3, -0.25) is 0 Å². The van der Waals surface area contributed by atoms with Crippen LogP contribution >= 0.6 is 23.6 Å². The van der Waals surface area contributed by atoms with Gasteiger partial charge in [0.15, 0.2) is 10.4 Å². The first-order valence-corrected chi connectivity index (χ1v) is 7.36. The van der Waals surface area contributed by atoms with Crippen LogP contribution in [0.15, 0.2) is 11.7 Å². The molecule has 0 aliphatic heterocycles. The lowest BCUT2D eigenvalue weighted by Gasteiger charge is -2.02. The normalized spacial score (nSPS) is 11.1. The van der Waals surface area contributed by atoms with E-state index in [9.17, 15) is 0 Å². The average molecular weight is 307 g/mol. The Morgan fingerprint density at radius 1 is 1.45 bits per heavy atom. The number of H-pyrrole nitrogens is 1. The number of ether oxygens (including phenoxy) is 1. The molecule has 8 heteroatoms. The van der Waals surface area contributed by atoms with Crippen LogP contribution in [0.4, 0.5) is 0 Å². The monoisotopic (exact) mass is 307 g/mol. The molecule has 0 unspecified atom stereocenters. The van der Waals surface area contributed by atoms with Gasteiger partial charge in [0, 0.05) is 24.0 Å². The minimum atomic E-state index is 0.505. The first-order valence-electron chi connectivity index (χ1n) is 6.07. The number of hydrogen-bond donors (Lipinski definition) is 1. The zero-order valence-electron chi connectivity index (χ0n) is 11.1. The standard InChI is InChI=1S/C12H13N5OS2/c1-7-5-20-8(15-7)3-4-17-10-9(16-12(17)19)11(18-2)14-6-13-10/h5-6H,3-4H2,1-2H3,(H,16,19). The van der Waals surface area contributed by atoms with Crippen LogP contribution in [0.5, 0.6) is 5.88 Å². The van der Waals surface area contributed by atoms with E-state index < -0.39 is 0 Å². The highest BCUT2D eigenvalue weighted by Crippen LogP contribution is 2.20. The molecule has 0 aliphatic carbocycles. The molecule has 0 aliphatic rings. The van der Waals surface area contributed by atoms with Gasteiger partial charge >= 0.3 is 0 Å². The van der Waals surface area contributed by atoms with Crippen molar-refractivity contribution in [1.29, 1.82) is 0 Å². The first-order chi connectivity index (χ1) is 9.69. The van der Waals surface area contributed by atoms with Gasteiger partial charge in [-0.1, -0.05) is 0 Å². The van der Waals surface area contributed by atoms with Crippen molar-refractivity contribution in [1.82, 2.24) is 24.5 Å². The maximum Gasteiger partial charge on any atom is 0.242 e. The van der Waals surface area contributed by atoms with Crippen LogP contribution < -0.4 is 4.74 Å².